The molecule has 0 spiro atoms. The van der Waals surface area contributed by atoms with Crippen LogP contribution in [0.3, 0.4) is 0 Å². The number of rotatable bonds is 4. The molecule has 0 aliphatic carbocycles. The van der Waals surface area contributed by atoms with Gasteiger partial charge in [0, 0.05) is 6.07 Å². The Kier molecular flexibility index (Phi) is 4.54. The Labute approximate surface area is 113 Å². The summed E-state index contributed by atoms with van der Waals surface area (Å²) in [6.07, 6.45) is -10.7. The number of nitrogens with zero attached hydrogens (tertiary/aromatic N) is 1. The van der Waals surface area contributed by atoms with E-state index in [9.17, 15) is 36.5 Å². The van der Waals surface area contributed by atoms with E-state index >= 15 is 0 Å². The van der Waals surface area contributed by atoms with Crippen LogP contribution in [-0.2, 0) is 6.18 Å². The minimum absolute atomic E-state index is 0.219. The third kappa shape index (κ3) is 4.13. The smallest absolute Gasteiger partial charge is 0.487 e. The maximum atomic E-state index is 12.9. The van der Waals surface area contributed by atoms with Gasteiger partial charge in [-0.3, -0.25) is 10.1 Å². The second kappa shape index (κ2) is 5.66. The number of hydrogen-bond acceptors (Lipinski definition) is 4. The summed E-state index contributed by atoms with van der Waals surface area (Å²) in [6.45, 7) is 0.806. The van der Waals surface area contributed by atoms with E-state index in [1.807, 2.05) is 0 Å². The lowest BCUT2D eigenvalue weighted by Crippen LogP contribution is -2.21. The van der Waals surface area contributed by atoms with Gasteiger partial charge in [0.2, 0.25) is 5.75 Å². The van der Waals surface area contributed by atoms with E-state index in [4.69, 9.17) is 0 Å². The Morgan fingerprint density at radius 2 is 1.76 bits per heavy atom. The number of halogens is 6. The van der Waals surface area contributed by atoms with E-state index in [-0.39, 0.29) is 6.07 Å². The van der Waals surface area contributed by atoms with Crippen LogP contribution < -0.4 is 9.47 Å². The lowest BCUT2D eigenvalue weighted by molar-refractivity contribution is -0.386. The van der Waals surface area contributed by atoms with E-state index in [1.165, 1.54) is 6.92 Å². The molecule has 1 rings (SSSR count). The van der Waals surface area contributed by atoms with Crippen LogP contribution in [0.2, 0.25) is 0 Å². The summed E-state index contributed by atoms with van der Waals surface area (Å²) in [4.78, 5) is 9.47. The van der Waals surface area contributed by atoms with Crippen LogP contribution >= 0.6 is 0 Å². The molecule has 1 aromatic carbocycles. The molecular weight excluding hydrogens is 312 g/mol. The van der Waals surface area contributed by atoms with Crippen LogP contribution in [0.5, 0.6) is 11.5 Å². The quantitative estimate of drug-likeness (QED) is 0.479. The van der Waals surface area contributed by atoms with Crippen molar-refractivity contribution in [2.24, 2.45) is 0 Å². The molecule has 0 aliphatic heterocycles. The number of hydrogen-bond donors (Lipinski definition) is 0. The van der Waals surface area contributed by atoms with Crippen LogP contribution in [0, 0.1) is 10.1 Å². The van der Waals surface area contributed by atoms with Gasteiger partial charge in [0.1, 0.15) is 11.3 Å². The molecule has 0 saturated heterocycles. The van der Waals surface area contributed by atoms with Gasteiger partial charge in [-0.05, 0) is 13.0 Å². The molecule has 0 fully saturated rings. The number of nitro groups is 1. The van der Waals surface area contributed by atoms with Crippen LogP contribution in [0.4, 0.5) is 32.0 Å². The van der Waals surface area contributed by atoms with Gasteiger partial charge in [0.05, 0.1) is 11.5 Å². The first kappa shape index (κ1) is 16.9. The monoisotopic (exact) mass is 319 g/mol. The highest BCUT2D eigenvalue weighted by molar-refractivity contribution is 5.59. The largest absolute Gasteiger partial charge is 0.573 e. The minimum atomic E-state index is -5.39. The third-order valence-electron chi connectivity index (χ3n) is 2.09. The van der Waals surface area contributed by atoms with Gasteiger partial charge in [-0.1, -0.05) is 0 Å². The molecule has 0 amide bonds. The van der Waals surface area contributed by atoms with Crippen molar-refractivity contribution in [3.8, 4) is 11.5 Å². The zero-order chi connectivity index (χ0) is 16.4. The van der Waals surface area contributed by atoms with Gasteiger partial charge in [0.25, 0.3) is 0 Å². The second-order valence-corrected chi connectivity index (χ2v) is 3.52. The maximum absolute atomic E-state index is 12.9. The Bertz CT molecular complexity index is 540. The predicted octanol–water partition coefficient (Wildman–Crippen LogP) is 3.91. The molecular formula is C10H7F6NO4. The Morgan fingerprint density at radius 3 is 2.14 bits per heavy atom. The first-order valence-corrected chi connectivity index (χ1v) is 5.24. The van der Waals surface area contributed by atoms with Crippen molar-refractivity contribution in [3.05, 3.63) is 27.8 Å². The number of nitro benzene ring substituents is 1. The summed E-state index contributed by atoms with van der Waals surface area (Å²) >= 11 is 0. The highest BCUT2D eigenvalue weighted by Crippen LogP contribution is 2.48. The SMILES string of the molecule is CCOc1c([N+](=O)[O-])ccc(OC(F)(F)F)c1C(F)(F)F. The van der Waals surface area contributed by atoms with E-state index in [0.29, 0.717) is 6.07 Å². The van der Waals surface area contributed by atoms with E-state index in [1.54, 1.807) is 0 Å². The molecule has 0 radical (unpaired) electrons. The fourth-order valence-corrected chi connectivity index (χ4v) is 1.47. The van der Waals surface area contributed by atoms with Crippen LogP contribution in [0.25, 0.3) is 0 Å². The van der Waals surface area contributed by atoms with Crippen molar-refractivity contribution in [3.63, 3.8) is 0 Å². The molecule has 118 valence electrons. The molecule has 21 heavy (non-hydrogen) atoms. The summed E-state index contributed by atoms with van der Waals surface area (Å²) in [7, 11) is 0. The topological polar surface area (TPSA) is 61.6 Å². The molecule has 5 nitrogen and oxygen atoms in total. The minimum Gasteiger partial charge on any atom is -0.487 e. The normalized spacial score (nSPS) is 12.1. The molecule has 0 heterocycles. The van der Waals surface area contributed by atoms with Crippen molar-refractivity contribution >= 4 is 5.69 Å². The first-order chi connectivity index (χ1) is 9.47. The Balaban J connectivity index is 3.60. The summed E-state index contributed by atoms with van der Waals surface area (Å²) in [5.41, 5.74) is -3.10. The molecule has 0 atom stereocenters. The predicted molar refractivity (Wildman–Crippen MR) is 56.0 cm³/mol. The zero-order valence-corrected chi connectivity index (χ0v) is 10.2. The fourth-order valence-electron chi connectivity index (χ4n) is 1.47. The standard InChI is InChI=1S/C10H7F6NO4/c1-2-20-8-5(17(18)19)3-4-6(21-10(14,15)16)7(8)9(11,12)13/h3-4H,2H2,1H3. The zero-order valence-electron chi connectivity index (χ0n) is 10.2. The molecule has 11 heteroatoms. The summed E-state index contributed by atoms with van der Waals surface area (Å²) in [5.74, 6) is -2.94. The van der Waals surface area contributed by atoms with Crippen molar-refractivity contribution < 1.29 is 40.7 Å². The van der Waals surface area contributed by atoms with Gasteiger partial charge >= 0.3 is 18.2 Å². The van der Waals surface area contributed by atoms with E-state index < -0.39 is 46.8 Å². The van der Waals surface area contributed by atoms with Crippen LogP contribution in [0.15, 0.2) is 12.1 Å². The van der Waals surface area contributed by atoms with Crippen molar-refractivity contribution in [2.45, 2.75) is 19.5 Å². The first-order valence-electron chi connectivity index (χ1n) is 5.24. The van der Waals surface area contributed by atoms with E-state index in [0.717, 1.165) is 0 Å². The summed E-state index contributed by atoms with van der Waals surface area (Å²) in [5, 5.41) is 10.7. The molecule has 1 aromatic rings. The molecule has 0 aliphatic rings. The molecule has 0 saturated carbocycles. The maximum Gasteiger partial charge on any atom is 0.573 e. The van der Waals surface area contributed by atoms with Crippen LogP contribution in [-0.4, -0.2) is 17.9 Å². The third-order valence-corrected chi connectivity index (χ3v) is 2.09. The highest BCUT2D eigenvalue weighted by atomic mass is 19.4. The van der Waals surface area contributed by atoms with Crippen LogP contribution in [0.1, 0.15) is 12.5 Å². The lowest BCUT2D eigenvalue weighted by atomic mass is 10.1. The van der Waals surface area contributed by atoms with Gasteiger partial charge in [0.15, 0.2) is 0 Å². The average Bonchev–Trinajstić information content (AvgIpc) is 2.24. The van der Waals surface area contributed by atoms with Crippen molar-refractivity contribution in [2.75, 3.05) is 6.61 Å². The summed E-state index contributed by atoms with van der Waals surface area (Å²) < 4.78 is 82.8. The molecule has 0 aromatic heterocycles. The Hall–Kier alpha value is -2.20. The van der Waals surface area contributed by atoms with Gasteiger partial charge in [-0.2, -0.15) is 13.2 Å². The van der Waals surface area contributed by atoms with Crippen molar-refractivity contribution in [1.82, 2.24) is 0 Å². The summed E-state index contributed by atoms with van der Waals surface area (Å²) in [6, 6.07) is 0.665. The average molecular weight is 319 g/mol. The second-order valence-electron chi connectivity index (χ2n) is 3.52. The molecule has 0 unspecified atom stereocenters. The number of ether oxygens (including phenoxy) is 2. The van der Waals surface area contributed by atoms with Gasteiger partial charge < -0.3 is 9.47 Å². The van der Waals surface area contributed by atoms with E-state index in [2.05, 4.69) is 9.47 Å². The van der Waals surface area contributed by atoms with Gasteiger partial charge in [-0.15, -0.1) is 13.2 Å². The fraction of sp³-hybridized carbons (Fsp3) is 0.400. The molecule has 0 N–H and O–H groups in total. The Morgan fingerprint density at radius 1 is 1.19 bits per heavy atom. The number of benzene rings is 1. The van der Waals surface area contributed by atoms with Crippen molar-refractivity contribution in [1.29, 1.82) is 0 Å². The highest BCUT2D eigenvalue weighted by Gasteiger charge is 2.44. The lowest BCUT2D eigenvalue weighted by Gasteiger charge is -2.18. The molecule has 0 bridgehead atoms. The van der Waals surface area contributed by atoms with Gasteiger partial charge in [-0.25, -0.2) is 0 Å². The number of alkyl halides is 6.